The largest absolute Gasteiger partial charge is 0.486 e. The number of hydrogen-bond acceptors (Lipinski definition) is 4. The van der Waals surface area contributed by atoms with Crippen LogP contribution in [0.4, 0.5) is 13.2 Å². The van der Waals surface area contributed by atoms with E-state index in [-0.39, 0.29) is 25.0 Å². The van der Waals surface area contributed by atoms with Crippen molar-refractivity contribution in [2.45, 2.75) is 25.6 Å². The number of aliphatic carboxylic acids is 1. The summed E-state index contributed by atoms with van der Waals surface area (Å²) >= 11 is 0. The van der Waals surface area contributed by atoms with E-state index >= 15 is 0 Å². The van der Waals surface area contributed by atoms with Crippen molar-refractivity contribution in [2.24, 2.45) is 0 Å². The van der Waals surface area contributed by atoms with Crippen LogP contribution >= 0.6 is 0 Å². The normalized spacial score (nSPS) is 12.1. The number of hydrogen-bond donors (Lipinski definition) is 2. The highest BCUT2D eigenvalue weighted by molar-refractivity contribution is 5.94. The fraction of sp³-hybridized carbons (Fsp3) is 0.208. The Balaban J connectivity index is 1.59. The molecule has 0 saturated heterocycles. The molecule has 6 nitrogen and oxygen atoms in total. The molecule has 0 aliphatic carbocycles. The second-order valence-electron chi connectivity index (χ2n) is 7.24. The standard InChI is InChI=1S/C24H21F3N2O4/c1-15(33-20-9-4-17(5-10-20)23(32)28-13-12-22(30)31)18-6-11-21(29-14-18)16-2-7-19(8-3-16)24(25,26)27/h2-11,14-15H,12-13H2,1H3,(H,28,32)(H,30,31)/t15-/m1/s1. The van der Waals surface area contributed by atoms with E-state index in [0.717, 1.165) is 17.7 Å². The third kappa shape index (κ3) is 6.55. The van der Waals surface area contributed by atoms with Crippen LogP contribution < -0.4 is 10.1 Å². The number of carboxylic acids is 1. The zero-order valence-electron chi connectivity index (χ0n) is 17.6. The number of ether oxygens (including phenoxy) is 1. The highest BCUT2D eigenvalue weighted by Gasteiger charge is 2.30. The number of amides is 1. The van der Waals surface area contributed by atoms with E-state index in [0.29, 0.717) is 22.6 Å². The van der Waals surface area contributed by atoms with Gasteiger partial charge in [0.1, 0.15) is 11.9 Å². The van der Waals surface area contributed by atoms with Gasteiger partial charge < -0.3 is 15.2 Å². The number of halogens is 3. The van der Waals surface area contributed by atoms with Crippen LogP contribution in [0.25, 0.3) is 11.3 Å². The van der Waals surface area contributed by atoms with E-state index in [1.165, 1.54) is 12.1 Å². The number of nitrogens with zero attached hydrogens (tertiary/aromatic N) is 1. The molecular weight excluding hydrogens is 437 g/mol. The smallest absolute Gasteiger partial charge is 0.416 e. The van der Waals surface area contributed by atoms with Gasteiger partial charge in [-0.1, -0.05) is 18.2 Å². The lowest BCUT2D eigenvalue weighted by molar-refractivity contribution is -0.138. The molecule has 3 rings (SSSR count). The first-order valence-corrected chi connectivity index (χ1v) is 10.0. The summed E-state index contributed by atoms with van der Waals surface area (Å²) in [5.41, 5.74) is 1.54. The van der Waals surface area contributed by atoms with E-state index in [1.54, 1.807) is 42.6 Å². The van der Waals surface area contributed by atoms with Gasteiger partial charge in [0.15, 0.2) is 0 Å². The summed E-state index contributed by atoms with van der Waals surface area (Å²) in [7, 11) is 0. The van der Waals surface area contributed by atoms with Crippen LogP contribution in [-0.2, 0) is 11.0 Å². The van der Waals surface area contributed by atoms with Crippen LogP contribution in [0.15, 0.2) is 66.9 Å². The average Bonchev–Trinajstić information content (AvgIpc) is 2.79. The lowest BCUT2D eigenvalue weighted by Crippen LogP contribution is -2.25. The fourth-order valence-electron chi connectivity index (χ4n) is 2.99. The Bertz CT molecular complexity index is 1100. The molecule has 0 radical (unpaired) electrons. The Morgan fingerprint density at radius 2 is 1.70 bits per heavy atom. The van der Waals surface area contributed by atoms with Crippen LogP contribution in [0, 0.1) is 0 Å². The molecular formula is C24H21F3N2O4. The second-order valence-corrected chi connectivity index (χ2v) is 7.24. The number of carbonyl (C=O) groups excluding carboxylic acids is 1. The molecule has 1 aromatic heterocycles. The molecule has 172 valence electrons. The summed E-state index contributed by atoms with van der Waals surface area (Å²) in [4.78, 5) is 26.8. The number of carboxylic acid groups (broad SMARTS) is 1. The summed E-state index contributed by atoms with van der Waals surface area (Å²) in [5, 5.41) is 11.1. The van der Waals surface area contributed by atoms with E-state index in [2.05, 4.69) is 10.3 Å². The van der Waals surface area contributed by atoms with Gasteiger partial charge in [-0.15, -0.1) is 0 Å². The lowest BCUT2D eigenvalue weighted by atomic mass is 10.1. The minimum atomic E-state index is -4.38. The van der Waals surface area contributed by atoms with Crippen molar-refractivity contribution in [1.82, 2.24) is 10.3 Å². The van der Waals surface area contributed by atoms with Gasteiger partial charge in [-0.3, -0.25) is 14.6 Å². The van der Waals surface area contributed by atoms with E-state index in [9.17, 15) is 22.8 Å². The fourth-order valence-corrected chi connectivity index (χ4v) is 2.99. The number of alkyl halides is 3. The van der Waals surface area contributed by atoms with Crippen molar-refractivity contribution >= 4 is 11.9 Å². The van der Waals surface area contributed by atoms with Crippen LogP contribution in [0.2, 0.25) is 0 Å². The van der Waals surface area contributed by atoms with Gasteiger partial charge in [0.25, 0.3) is 5.91 Å². The highest BCUT2D eigenvalue weighted by Crippen LogP contribution is 2.31. The molecule has 2 N–H and O–H groups in total. The van der Waals surface area contributed by atoms with Gasteiger partial charge in [0, 0.05) is 29.4 Å². The third-order valence-electron chi connectivity index (χ3n) is 4.82. The van der Waals surface area contributed by atoms with Gasteiger partial charge in [-0.25, -0.2) is 0 Å². The first kappa shape index (κ1) is 23.8. The molecule has 0 saturated carbocycles. The predicted molar refractivity (Wildman–Crippen MR) is 115 cm³/mol. The van der Waals surface area contributed by atoms with Crippen LogP contribution in [-0.4, -0.2) is 28.5 Å². The molecule has 2 aromatic carbocycles. The summed E-state index contributed by atoms with van der Waals surface area (Å²) in [6, 6.07) is 14.7. The quantitative estimate of drug-likeness (QED) is 0.490. The first-order chi connectivity index (χ1) is 15.6. The van der Waals surface area contributed by atoms with Gasteiger partial charge in [-0.05, 0) is 49.4 Å². The van der Waals surface area contributed by atoms with Crippen molar-refractivity contribution in [3.8, 4) is 17.0 Å². The maximum absolute atomic E-state index is 12.7. The Hall–Kier alpha value is -3.88. The third-order valence-corrected chi connectivity index (χ3v) is 4.82. The Morgan fingerprint density at radius 1 is 1.03 bits per heavy atom. The number of carbonyl (C=O) groups is 2. The maximum atomic E-state index is 12.7. The minimum absolute atomic E-state index is 0.0406. The topological polar surface area (TPSA) is 88.5 Å². The average molecular weight is 458 g/mol. The highest BCUT2D eigenvalue weighted by atomic mass is 19.4. The molecule has 9 heteroatoms. The number of aromatic nitrogens is 1. The molecule has 0 fully saturated rings. The summed E-state index contributed by atoms with van der Waals surface area (Å²) in [6.45, 7) is 1.86. The molecule has 0 aliphatic rings. The van der Waals surface area contributed by atoms with Crippen LogP contribution in [0.3, 0.4) is 0 Å². The molecule has 33 heavy (non-hydrogen) atoms. The van der Waals surface area contributed by atoms with E-state index < -0.39 is 17.7 Å². The first-order valence-electron chi connectivity index (χ1n) is 10.0. The van der Waals surface area contributed by atoms with Crippen molar-refractivity contribution in [2.75, 3.05) is 6.54 Å². The predicted octanol–water partition coefficient (Wildman–Crippen LogP) is 5.11. The minimum Gasteiger partial charge on any atom is -0.486 e. The molecule has 0 spiro atoms. The van der Waals surface area contributed by atoms with Gasteiger partial charge in [0.05, 0.1) is 17.7 Å². The van der Waals surface area contributed by atoms with Gasteiger partial charge in [0.2, 0.25) is 0 Å². The Kier molecular flexibility index (Phi) is 7.32. The molecule has 1 amide bonds. The summed E-state index contributed by atoms with van der Waals surface area (Å²) in [6.07, 6.45) is -3.31. The van der Waals surface area contributed by atoms with Gasteiger partial charge in [-0.2, -0.15) is 13.2 Å². The molecule has 1 atom stereocenters. The molecule has 0 aliphatic heterocycles. The van der Waals surface area contributed by atoms with Crippen LogP contribution in [0.1, 0.15) is 40.9 Å². The number of pyridine rings is 1. The Labute approximate surface area is 188 Å². The lowest BCUT2D eigenvalue weighted by Gasteiger charge is -2.15. The van der Waals surface area contributed by atoms with Crippen molar-refractivity contribution in [1.29, 1.82) is 0 Å². The molecule has 1 heterocycles. The molecule has 0 unspecified atom stereocenters. The second kappa shape index (κ2) is 10.2. The number of rotatable bonds is 8. The maximum Gasteiger partial charge on any atom is 0.416 e. The zero-order chi connectivity index (χ0) is 24.0. The van der Waals surface area contributed by atoms with Crippen LogP contribution in [0.5, 0.6) is 5.75 Å². The molecule has 0 bridgehead atoms. The summed E-state index contributed by atoms with van der Waals surface area (Å²) < 4.78 is 44.0. The molecule has 3 aromatic rings. The van der Waals surface area contributed by atoms with Gasteiger partial charge >= 0.3 is 12.1 Å². The van der Waals surface area contributed by atoms with E-state index in [1.807, 2.05) is 6.92 Å². The van der Waals surface area contributed by atoms with E-state index in [4.69, 9.17) is 9.84 Å². The zero-order valence-corrected chi connectivity index (χ0v) is 17.6. The Morgan fingerprint density at radius 3 is 2.24 bits per heavy atom. The summed E-state index contributed by atoms with van der Waals surface area (Å²) in [5.74, 6) is -0.842. The number of nitrogens with one attached hydrogen (secondary N) is 1. The van der Waals surface area contributed by atoms with Crippen molar-refractivity contribution < 1.29 is 32.6 Å². The van der Waals surface area contributed by atoms with Crippen molar-refractivity contribution in [3.63, 3.8) is 0 Å². The monoisotopic (exact) mass is 458 g/mol. The number of benzene rings is 2. The SMILES string of the molecule is C[C@@H](Oc1ccc(C(=O)NCCC(=O)O)cc1)c1ccc(-c2ccc(C(F)(F)F)cc2)nc1. The van der Waals surface area contributed by atoms with Crippen molar-refractivity contribution in [3.05, 3.63) is 83.6 Å².